The van der Waals surface area contributed by atoms with Crippen LogP contribution < -0.4 is 10.6 Å². The molecule has 1 aromatic rings. The molecule has 2 rings (SSSR count). The second-order valence-electron chi connectivity index (χ2n) is 6.70. The first kappa shape index (κ1) is 17.5. The first-order valence-corrected chi connectivity index (χ1v) is 8.66. The molecule has 0 spiro atoms. The lowest BCUT2D eigenvalue weighted by atomic mass is 9.78. The molecule has 4 nitrogen and oxygen atoms in total. The quantitative estimate of drug-likeness (QED) is 0.847. The Morgan fingerprint density at radius 1 is 1.04 bits per heavy atom. The Kier molecular flexibility index (Phi) is 6.63. The lowest BCUT2D eigenvalue weighted by molar-refractivity contribution is -0.127. The van der Waals surface area contributed by atoms with Gasteiger partial charge < -0.3 is 10.6 Å². The Morgan fingerprint density at radius 3 is 2.48 bits per heavy atom. The number of carbonyl (C=O) groups excluding carboxylic acids is 2. The van der Waals surface area contributed by atoms with Gasteiger partial charge in [0.05, 0.1) is 0 Å². The Labute approximate surface area is 139 Å². The third-order valence-corrected chi connectivity index (χ3v) is 4.96. The van der Waals surface area contributed by atoms with E-state index >= 15 is 0 Å². The Hall–Kier alpha value is -1.84. The molecule has 0 unspecified atom stereocenters. The number of amides is 2. The van der Waals surface area contributed by atoms with Crippen molar-refractivity contribution in [2.45, 2.75) is 58.5 Å². The fraction of sp³-hybridized carbons (Fsp3) is 0.579. The van der Waals surface area contributed by atoms with E-state index in [0.717, 1.165) is 12.0 Å². The minimum Gasteiger partial charge on any atom is -0.353 e. The minimum atomic E-state index is -0.0749. The molecule has 0 aromatic heterocycles. The summed E-state index contributed by atoms with van der Waals surface area (Å²) in [6, 6.07) is 10.0. The predicted molar refractivity (Wildman–Crippen MR) is 91.6 cm³/mol. The molecule has 3 atom stereocenters. The van der Waals surface area contributed by atoms with Crippen molar-refractivity contribution in [3.05, 3.63) is 35.9 Å². The third kappa shape index (κ3) is 5.70. The molecule has 126 valence electrons. The molecular formula is C19H28N2O2. The van der Waals surface area contributed by atoms with E-state index in [2.05, 4.69) is 24.5 Å². The van der Waals surface area contributed by atoms with Crippen LogP contribution >= 0.6 is 0 Å². The van der Waals surface area contributed by atoms with Crippen molar-refractivity contribution >= 4 is 11.8 Å². The van der Waals surface area contributed by atoms with Crippen LogP contribution in [0.5, 0.6) is 0 Å². The smallest absolute Gasteiger partial charge is 0.220 e. The number of hydrogen-bond donors (Lipinski definition) is 2. The summed E-state index contributed by atoms with van der Waals surface area (Å²) in [6.07, 6.45) is 3.98. The molecule has 1 fully saturated rings. The van der Waals surface area contributed by atoms with E-state index in [1.807, 2.05) is 30.3 Å². The van der Waals surface area contributed by atoms with Gasteiger partial charge in [0.2, 0.25) is 11.8 Å². The van der Waals surface area contributed by atoms with Gasteiger partial charge in [0.1, 0.15) is 0 Å². The van der Waals surface area contributed by atoms with E-state index in [4.69, 9.17) is 0 Å². The third-order valence-electron chi connectivity index (χ3n) is 4.96. The molecule has 23 heavy (non-hydrogen) atoms. The van der Waals surface area contributed by atoms with Crippen molar-refractivity contribution in [1.82, 2.24) is 10.6 Å². The Morgan fingerprint density at radius 2 is 1.74 bits per heavy atom. The van der Waals surface area contributed by atoms with Gasteiger partial charge in [0, 0.05) is 25.4 Å². The summed E-state index contributed by atoms with van der Waals surface area (Å²) in [4.78, 5) is 23.9. The van der Waals surface area contributed by atoms with Crippen LogP contribution in [0.4, 0.5) is 0 Å². The first-order valence-electron chi connectivity index (χ1n) is 8.66. The zero-order valence-corrected chi connectivity index (χ0v) is 14.2. The van der Waals surface area contributed by atoms with E-state index < -0.39 is 0 Å². The number of benzene rings is 1. The minimum absolute atomic E-state index is 0.00851. The van der Waals surface area contributed by atoms with Crippen LogP contribution in [0.1, 0.15) is 51.5 Å². The second-order valence-corrected chi connectivity index (χ2v) is 6.70. The molecule has 2 N–H and O–H groups in total. The zero-order chi connectivity index (χ0) is 16.7. The van der Waals surface area contributed by atoms with Gasteiger partial charge in [-0.1, -0.05) is 57.0 Å². The highest BCUT2D eigenvalue weighted by molar-refractivity contribution is 5.83. The van der Waals surface area contributed by atoms with Crippen molar-refractivity contribution in [3.8, 4) is 0 Å². The molecule has 1 aliphatic carbocycles. The van der Waals surface area contributed by atoms with Crippen molar-refractivity contribution in [1.29, 1.82) is 0 Å². The molecule has 0 radical (unpaired) electrons. The van der Waals surface area contributed by atoms with Crippen LogP contribution in [0.15, 0.2) is 30.3 Å². The lowest BCUT2D eigenvalue weighted by Crippen LogP contribution is -2.43. The first-order chi connectivity index (χ1) is 11.1. The average Bonchev–Trinajstić information content (AvgIpc) is 2.56. The topological polar surface area (TPSA) is 58.2 Å². The van der Waals surface area contributed by atoms with Crippen LogP contribution in [-0.2, 0) is 16.1 Å². The highest BCUT2D eigenvalue weighted by Gasteiger charge is 2.27. The van der Waals surface area contributed by atoms with E-state index in [-0.39, 0.29) is 30.7 Å². The van der Waals surface area contributed by atoms with Gasteiger partial charge in [-0.2, -0.15) is 0 Å². The van der Waals surface area contributed by atoms with Crippen molar-refractivity contribution in [3.63, 3.8) is 0 Å². The predicted octanol–water partition coefficient (Wildman–Crippen LogP) is 3.02. The molecule has 0 aliphatic heterocycles. The van der Waals surface area contributed by atoms with Crippen LogP contribution in [0.3, 0.4) is 0 Å². The second kappa shape index (κ2) is 8.70. The van der Waals surface area contributed by atoms with Crippen molar-refractivity contribution < 1.29 is 9.59 Å². The molecule has 1 aromatic carbocycles. The fourth-order valence-electron chi connectivity index (χ4n) is 3.18. The molecular weight excluding hydrogens is 288 g/mol. The van der Waals surface area contributed by atoms with E-state index in [1.54, 1.807) is 0 Å². The molecule has 0 heterocycles. The zero-order valence-electron chi connectivity index (χ0n) is 14.2. The van der Waals surface area contributed by atoms with Gasteiger partial charge in [-0.05, 0) is 23.8 Å². The van der Waals surface area contributed by atoms with E-state index in [0.29, 0.717) is 18.4 Å². The maximum Gasteiger partial charge on any atom is 0.220 e. The standard InChI is InChI=1S/C19H28N2O2/c1-14-7-6-10-17(15(14)2)21-19(23)12-11-18(22)20-13-16-8-4-3-5-9-16/h3-5,8-9,14-15,17H,6-7,10-13H2,1-2H3,(H,20,22)(H,21,23)/t14-,15+,17-/m0/s1. The van der Waals surface area contributed by atoms with Gasteiger partial charge in [0.15, 0.2) is 0 Å². The van der Waals surface area contributed by atoms with Gasteiger partial charge in [0.25, 0.3) is 0 Å². The van der Waals surface area contributed by atoms with Crippen molar-refractivity contribution in [2.75, 3.05) is 0 Å². The van der Waals surface area contributed by atoms with Gasteiger partial charge in [-0.15, -0.1) is 0 Å². The maximum atomic E-state index is 12.1. The Balaban J connectivity index is 1.66. The fourth-order valence-corrected chi connectivity index (χ4v) is 3.18. The van der Waals surface area contributed by atoms with Gasteiger partial charge in [-0.3, -0.25) is 9.59 Å². The normalized spacial score (nSPS) is 24.0. The molecule has 4 heteroatoms. The van der Waals surface area contributed by atoms with E-state index in [1.165, 1.54) is 12.8 Å². The Bertz CT molecular complexity index is 515. The largest absolute Gasteiger partial charge is 0.353 e. The lowest BCUT2D eigenvalue weighted by Gasteiger charge is -2.34. The summed E-state index contributed by atoms with van der Waals surface area (Å²) in [6.45, 7) is 4.97. The number of hydrogen-bond acceptors (Lipinski definition) is 2. The van der Waals surface area contributed by atoms with Crippen LogP contribution in [0.2, 0.25) is 0 Å². The summed E-state index contributed by atoms with van der Waals surface area (Å²) >= 11 is 0. The van der Waals surface area contributed by atoms with Crippen LogP contribution in [0, 0.1) is 11.8 Å². The van der Waals surface area contributed by atoms with Gasteiger partial charge >= 0.3 is 0 Å². The molecule has 1 aliphatic rings. The highest BCUT2D eigenvalue weighted by atomic mass is 16.2. The van der Waals surface area contributed by atoms with E-state index in [9.17, 15) is 9.59 Å². The average molecular weight is 316 g/mol. The monoisotopic (exact) mass is 316 g/mol. The molecule has 0 bridgehead atoms. The molecule has 1 saturated carbocycles. The maximum absolute atomic E-state index is 12.1. The van der Waals surface area contributed by atoms with Crippen molar-refractivity contribution in [2.24, 2.45) is 11.8 Å². The molecule has 2 amide bonds. The summed E-state index contributed by atoms with van der Waals surface area (Å²) in [5.74, 6) is 1.09. The van der Waals surface area contributed by atoms with Crippen LogP contribution in [-0.4, -0.2) is 17.9 Å². The summed E-state index contributed by atoms with van der Waals surface area (Å²) in [5.41, 5.74) is 1.07. The highest BCUT2D eigenvalue weighted by Crippen LogP contribution is 2.29. The summed E-state index contributed by atoms with van der Waals surface area (Å²) < 4.78 is 0. The molecule has 0 saturated heterocycles. The number of carbonyl (C=O) groups is 2. The number of nitrogens with one attached hydrogen (secondary N) is 2. The SMILES string of the molecule is C[C@H]1[C@@H](NC(=O)CCC(=O)NCc2ccccc2)CCC[C@@H]1C. The summed E-state index contributed by atoms with van der Waals surface area (Å²) in [5, 5.41) is 5.96. The van der Waals surface area contributed by atoms with Crippen LogP contribution in [0.25, 0.3) is 0 Å². The van der Waals surface area contributed by atoms with Gasteiger partial charge in [-0.25, -0.2) is 0 Å². The summed E-state index contributed by atoms with van der Waals surface area (Å²) in [7, 11) is 0. The number of rotatable bonds is 6.